The van der Waals surface area contributed by atoms with Gasteiger partial charge in [0.1, 0.15) is 0 Å². The Bertz CT molecular complexity index is 857. The summed E-state index contributed by atoms with van der Waals surface area (Å²) in [5.74, 6) is 1.43. The fourth-order valence-corrected chi connectivity index (χ4v) is 2.70. The van der Waals surface area contributed by atoms with E-state index in [0.29, 0.717) is 24.7 Å². The number of nitrogens with two attached hydrogens (primary N) is 1. The van der Waals surface area contributed by atoms with Gasteiger partial charge in [-0.2, -0.15) is 5.10 Å². The molecule has 0 saturated carbocycles. The zero-order valence-electron chi connectivity index (χ0n) is 12.2. The van der Waals surface area contributed by atoms with Crippen molar-refractivity contribution in [2.24, 2.45) is 7.05 Å². The minimum absolute atomic E-state index is 0.631. The van der Waals surface area contributed by atoms with Crippen molar-refractivity contribution >= 4 is 16.7 Å². The summed E-state index contributed by atoms with van der Waals surface area (Å²) < 4.78 is 13.4. The zero-order chi connectivity index (χ0) is 15.1. The lowest BCUT2D eigenvalue weighted by Crippen LogP contribution is -1.98. The van der Waals surface area contributed by atoms with Crippen LogP contribution >= 0.6 is 0 Å². The largest absolute Gasteiger partial charge is 0.489 e. The van der Waals surface area contributed by atoms with Crippen molar-refractivity contribution in [1.29, 1.82) is 0 Å². The Hall–Kier alpha value is -2.76. The molecule has 2 aromatic heterocycles. The van der Waals surface area contributed by atoms with Gasteiger partial charge in [-0.1, -0.05) is 0 Å². The molecular weight excluding hydrogens is 280 g/mol. The van der Waals surface area contributed by atoms with E-state index in [-0.39, 0.29) is 0 Å². The predicted octanol–water partition coefficient (Wildman–Crippen LogP) is 2.38. The molecule has 6 heteroatoms. The second-order valence-electron chi connectivity index (χ2n) is 5.35. The van der Waals surface area contributed by atoms with E-state index < -0.39 is 0 Å². The summed E-state index contributed by atoms with van der Waals surface area (Å²) in [6.07, 6.45) is 4.47. The first-order valence-corrected chi connectivity index (χ1v) is 7.19. The third-order valence-electron chi connectivity index (χ3n) is 3.75. The predicted molar refractivity (Wildman–Crippen MR) is 84.0 cm³/mol. The number of aryl methyl sites for hydroxylation is 1. The molecule has 3 heterocycles. The molecule has 0 bridgehead atoms. The number of hydrogen-bond donors (Lipinski definition) is 1. The summed E-state index contributed by atoms with van der Waals surface area (Å²) in [6.45, 7) is 1.27. The van der Waals surface area contributed by atoms with E-state index >= 15 is 0 Å². The Morgan fingerprint density at radius 3 is 2.91 bits per heavy atom. The Morgan fingerprint density at radius 2 is 2.00 bits per heavy atom. The van der Waals surface area contributed by atoms with Gasteiger partial charge in [-0.3, -0.25) is 4.68 Å². The lowest BCUT2D eigenvalue weighted by molar-refractivity contribution is 0.297. The van der Waals surface area contributed by atoms with Gasteiger partial charge in [-0.05, 0) is 12.1 Å². The molecule has 0 saturated heterocycles. The molecule has 0 fully saturated rings. The van der Waals surface area contributed by atoms with E-state index in [0.717, 1.165) is 34.3 Å². The molecular formula is C16H16N4O2. The highest BCUT2D eigenvalue weighted by Crippen LogP contribution is 2.41. The van der Waals surface area contributed by atoms with E-state index in [1.54, 1.807) is 16.9 Å². The third kappa shape index (κ3) is 2.04. The van der Waals surface area contributed by atoms with Crippen molar-refractivity contribution in [3.63, 3.8) is 0 Å². The Morgan fingerprint density at radius 1 is 1.14 bits per heavy atom. The molecule has 6 nitrogen and oxygen atoms in total. The van der Waals surface area contributed by atoms with Crippen LogP contribution in [0.5, 0.6) is 11.5 Å². The summed E-state index contributed by atoms with van der Waals surface area (Å²) in [7, 11) is 1.87. The molecule has 112 valence electrons. The van der Waals surface area contributed by atoms with Crippen LogP contribution in [0.4, 0.5) is 5.69 Å². The highest BCUT2D eigenvalue weighted by atomic mass is 16.5. The Kier molecular flexibility index (Phi) is 2.89. The number of ether oxygens (including phenoxy) is 2. The zero-order valence-corrected chi connectivity index (χ0v) is 12.2. The molecule has 0 amide bonds. The lowest BCUT2D eigenvalue weighted by atomic mass is 10.0. The van der Waals surface area contributed by atoms with Crippen LogP contribution in [0.2, 0.25) is 0 Å². The van der Waals surface area contributed by atoms with E-state index in [2.05, 4.69) is 10.1 Å². The summed E-state index contributed by atoms with van der Waals surface area (Å²) in [5.41, 5.74) is 9.34. The second kappa shape index (κ2) is 4.91. The van der Waals surface area contributed by atoms with Crippen LogP contribution < -0.4 is 15.2 Å². The third-order valence-corrected chi connectivity index (χ3v) is 3.75. The summed E-state index contributed by atoms with van der Waals surface area (Å²) in [5, 5.41) is 5.20. The van der Waals surface area contributed by atoms with Crippen molar-refractivity contribution in [2.45, 2.75) is 6.42 Å². The molecule has 0 aliphatic carbocycles. The Labute approximate surface area is 127 Å². The number of aromatic nitrogens is 3. The van der Waals surface area contributed by atoms with Crippen molar-refractivity contribution in [1.82, 2.24) is 14.8 Å². The highest BCUT2D eigenvalue weighted by Gasteiger charge is 2.18. The molecule has 0 spiro atoms. The summed E-state index contributed by atoms with van der Waals surface area (Å²) in [4.78, 5) is 4.48. The topological polar surface area (TPSA) is 75.2 Å². The smallest absolute Gasteiger partial charge is 0.169 e. The SMILES string of the molecule is Cn1ncc2cc(-c3cc(N)cc4c3OCCCO4)cnc21. The first-order valence-electron chi connectivity index (χ1n) is 7.19. The lowest BCUT2D eigenvalue weighted by Gasteiger charge is -2.13. The van der Waals surface area contributed by atoms with E-state index in [1.165, 1.54) is 0 Å². The van der Waals surface area contributed by atoms with Crippen LogP contribution in [0.1, 0.15) is 6.42 Å². The molecule has 1 aliphatic heterocycles. The number of rotatable bonds is 1. The molecule has 3 aromatic rings. The number of fused-ring (bicyclic) bond motifs is 2. The average Bonchev–Trinajstić information content (AvgIpc) is 2.73. The molecule has 2 N–H and O–H groups in total. The molecule has 0 radical (unpaired) electrons. The van der Waals surface area contributed by atoms with E-state index in [9.17, 15) is 0 Å². The van der Waals surface area contributed by atoms with E-state index in [4.69, 9.17) is 15.2 Å². The maximum absolute atomic E-state index is 6.02. The van der Waals surface area contributed by atoms with Crippen LogP contribution in [0.25, 0.3) is 22.2 Å². The van der Waals surface area contributed by atoms with Gasteiger partial charge in [0.2, 0.25) is 0 Å². The van der Waals surface area contributed by atoms with Crippen LogP contribution in [-0.4, -0.2) is 28.0 Å². The number of nitrogens with zero attached hydrogens (tertiary/aromatic N) is 3. The number of anilines is 1. The molecule has 4 rings (SSSR count). The van der Waals surface area contributed by atoms with Gasteiger partial charge in [-0.15, -0.1) is 0 Å². The first-order chi connectivity index (χ1) is 10.7. The molecule has 1 aromatic carbocycles. The van der Waals surface area contributed by atoms with Crippen LogP contribution in [0.3, 0.4) is 0 Å². The van der Waals surface area contributed by atoms with Gasteiger partial charge in [0.25, 0.3) is 0 Å². The van der Waals surface area contributed by atoms with Crippen molar-refractivity contribution in [3.05, 3.63) is 30.6 Å². The number of nitrogen functional groups attached to an aromatic ring is 1. The number of benzene rings is 1. The normalized spacial score (nSPS) is 14.0. The van der Waals surface area contributed by atoms with Gasteiger partial charge in [0, 0.05) is 47.9 Å². The summed E-state index contributed by atoms with van der Waals surface area (Å²) in [6, 6.07) is 5.74. The van der Waals surface area contributed by atoms with Crippen molar-refractivity contribution in [2.75, 3.05) is 18.9 Å². The van der Waals surface area contributed by atoms with Crippen LogP contribution in [0.15, 0.2) is 30.6 Å². The van der Waals surface area contributed by atoms with Crippen molar-refractivity contribution in [3.8, 4) is 22.6 Å². The number of pyridine rings is 1. The highest BCUT2D eigenvalue weighted by molar-refractivity contribution is 5.84. The quantitative estimate of drug-likeness (QED) is 0.698. The summed E-state index contributed by atoms with van der Waals surface area (Å²) >= 11 is 0. The maximum atomic E-state index is 6.02. The first kappa shape index (κ1) is 12.9. The molecule has 1 aliphatic rings. The van der Waals surface area contributed by atoms with Gasteiger partial charge < -0.3 is 15.2 Å². The van der Waals surface area contributed by atoms with E-state index in [1.807, 2.05) is 25.4 Å². The van der Waals surface area contributed by atoms with Crippen LogP contribution in [0, 0.1) is 0 Å². The Balaban J connectivity index is 1.91. The number of hydrogen-bond acceptors (Lipinski definition) is 5. The fourth-order valence-electron chi connectivity index (χ4n) is 2.70. The molecule has 0 unspecified atom stereocenters. The monoisotopic (exact) mass is 296 g/mol. The average molecular weight is 296 g/mol. The standard InChI is InChI=1S/C16H16N4O2/c1-20-16-11(9-19-20)5-10(8-18-16)13-6-12(17)7-14-15(13)22-4-2-3-21-14/h5-9H,2-4,17H2,1H3. The minimum atomic E-state index is 0.631. The van der Waals surface area contributed by atoms with Gasteiger partial charge in [0.15, 0.2) is 17.1 Å². The van der Waals surface area contributed by atoms with Gasteiger partial charge in [-0.25, -0.2) is 4.98 Å². The van der Waals surface area contributed by atoms with Gasteiger partial charge in [0.05, 0.1) is 19.4 Å². The molecule has 22 heavy (non-hydrogen) atoms. The minimum Gasteiger partial charge on any atom is -0.489 e. The van der Waals surface area contributed by atoms with Gasteiger partial charge >= 0.3 is 0 Å². The van der Waals surface area contributed by atoms with Crippen molar-refractivity contribution < 1.29 is 9.47 Å². The second-order valence-corrected chi connectivity index (χ2v) is 5.35. The van der Waals surface area contributed by atoms with Crippen LogP contribution in [-0.2, 0) is 7.05 Å². The maximum Gasteiger partial charge on any atom is 0.169 e. The fraction of sp³-hybridized carbons (Fsp3) is 0.250. The molecule has 0 atom stereocenters.